The first kappa shape index (κ1) is 18.4. The first-order chi connectivity index (χ1) is 9.20. The Hall–Kier alpha value is -1.55. The molecule has 1 aromatic heterocycles. The van der Waals surface area contributed by atoms with Crippen molar-refractivity contribution in [2.75, 3.05) is 13.1 Å². The van der Waals surface area contributed by atoms with Gasteiger partial charge in [-0.15, -0.1) is 5.10 Å². The molecule has 10 nitrogen and oxygen atoms in total. The van der Waals surface area contributed by atoms with Gasteiger partial charge in [-0.1, -0.05) is 17.0 Å². The zero-order chi connectivity index (χ0) is 15.8. The number of benzene rings is 1. The van der Waals surface area contributed by atoms with Gasteiger partial charge in [-0.3, -0.25) is 0 Å². The minimum atomic E-state index is -4.64. The lowest BCUT2D eigenvalue weighted by molar-refractivity contribution is 0.154. The second-order valence-corrected chi connectivity index (χ2v) is 4.54. The van der Waals surface area contributed by atoms with Crippen molar-refractivity contribution in [3.63, 3.8) is 0 Å². The summed E-state index contributed by atoms with van der Waals surface area (Å²) in [7, 11) is -4.64. The van der Waals surface area contributed by atoms with Gasteiger partial charge in [0.1, 0.15) is 11.0 Å². The van der Waals surface area contributed by atoms with Crippen LogP contribution in [0.25, 0.3) is 11.0 Å². The van der Waals surface area contributed by atoms with Crippen molar-refractivity contribution in [1.82, 2.24) is 15.2 Å². The number of fused-ring (bicyclic) bond motifs is 1. The van der Waals surface area contributed by atoms with Crippen LogP contribution in [0.2, 0.25) is 0 Å². The number of rotatable bonds is 1. The molecular weight excluding hydrogens is 289 g/mol. The average molecular weight is 307 g/mol. The first-order valence-electron chi connectivity index (χ1n) is 5.39. The van der Waals surface area contributed by atoms with Gasteiger partial charge in [-0.05, 0) is 23.8 Å². The van der Waals surface area contributed by atoms with Crippen molar-refractivity contribution in [1.29, 1.82) is 0 Å². The quantitative estimate of drug-likeness (QED) is 0.283. The molecule has 0 aliphatic rings. The Labute approximate surface area is 114 Å². The van der Waals surface area contributed by atoms with Gasteiger partial charge in [-0.25, -0.2) is 4.57 Å². The van der Waals surface area contributed by atoms with Crippen molar-refractivity contribution in [2.24, 2.45) is 11.5 Å². The summed E-state index contributed by atoms with van der Waals surface area (Å²) in [5, 5.41) is 16.3. The van der Waals surface area contributed by atoms with Gasteiger partial charge in [0.2, 0.25) is 0 Å². The fourth-order valence-corrected chi connectivity index (χ4v) is 1.07. The molecule has 0 saturated carbocycles. The van der Waals surface area contributed by atoms with Gasteiger partial charge in [0.15, 0.2) is 0 Å². The molecule has 0 radical (unpaired) electrons. The van der Waals surface area contributed by atoms with Crippen LogP contribution in [0.15, 0.2) is 18.2 Å². The topological polar surface area (TPSA) is 181 Å². The van der Waals surface area contributed by atoms with E-state index in [1.54, 1.807) is 6.07 Å². The van der Waals surface area contributed by atoms with Crippen LogP contribution < -0.4 is 11.5 Å². The van der Waals surface area contributed by atoms with E-state index in [1.807, 2.05) is 19.1 Å². The van der Waals surface area contributed by atoms with Crippen LogP contribution in [0.1, 0.15) is 5.56 Å². The Kier molecular flexibility index (Phi) is 7.92. The van der Waals surface area contributed by atoms with Crippen molar-refractivity contribution < 1.29 is 24.5 Å². The second-order valence-electron chi connectivity index (χ2n) is 3.51. The third-order valence-electron chi connectivity index (χ3n) is 1.83. The molecule has 1 aromatic carbocycles. The maximum absolute atomic E-state index is 9.08. The SMILES string of the molecule is Cc1cccc2c1nnn2O.NCCN.O=P(O)(O)O. The van der Waals surface area contributed by atoms with Gasteiger partial charge in [0.25, 0.3) is 0 Å². The van der Waals surface area contributed by atoms with Gasteiger partial charge < -0.3 is 31.4 Å². The maximum atomic E-state index is 9.08. The highest BCUT2D eigenvalue weighted by molar-refractivity contribution is 7.45. The molecule has 1 heterocycles. The highest BCUT2D eigenvalue weighted by atomic mass is 31.2. The molecule has 0 atom stereocenters. The van der Waals surface area contributed by atoms with E-state index < -0.39 is 7.82 Å². The molecule has 0 saturated heterocycles. The smallest absolute Gasteiger partial charge is 0.410 e. The highest BCUT2D eigenvalue weighted by Crippen LogP contribution is 2.25. The number of aryl methyl sites for hydroxylation is 1. The molecular formula is C9H18N5O5P. The van der Waals surface area contributed by atoms with Gasteiger partial charge in [0.05, 0.1) is 0 Å². The Morgan fingerprint density at radius 3 is 2.15 bits per heavy atom. The maximum Gasteiger partial charge on any atom is 0.466 e. The molecule has 114 valence electrons. The van der Waals surface area contributed by atoms with Gasteiger partial charge in [-0.2, -0.15) is 0 Å². The molecule has 0 bridgehead atoms. The third kappa shape index (κ3) is 7.79. The van der Waals surface area contributed by atoms with E-state index in [0.29, 0.717) is 18.6 Å². The fourth-order valence-electron chi connectivity index (χ4n) is 1.07. The Bertz CT molecular complexity index is 559. The van der Waals surface area contributed by atoms with E-state index in [0.717, 1.165) is 15.9 Å². The molecule has 0 unspecified atom stereocenters. The van der Waals surface area contributed by atoms with Gasteiger partial charge in [0, 0.05) is 13.1 Å². The fraction of sp³-hybridized carbons (Fsp3) is 0.333. The molecule has 20 heavy (non-hydrogen) atoms. The van der Waals surface area contributed by atoms with Crippen molar-refractivity contribution >= 4 is 18.9 Å². The minimum Gasteiger partial charge on any atom is -0.410 e. The number of aromatic nitrogens is 3. The molecule has 0 aliphatic heterocycles. The monoisotopic (exact) mass is 307 g/mol. The number of nitrogens with zero attached hydrogens (tertiary/aromatic N) is 3. The summed E-state index contributed by atoms with van der Waals surface area (Å²) >= 11 is 0. The van der Waals surface area contributed by atoms with Crippen LogP contribution >= 0.6 is 7.82 Å². The summed E-state index contributed by atoms with van der Waals surface area (Å²) in [6.45, 7) is 3.12. The van der Waals surface area contributed by atoms with E-state index in [2.05, 4.69) is 10.3 Å². The van der Waals surface area contributed by atoms with Crippen LogP contribution in [-0.2, 0) is 4.57 Å². The Morgan fingerprint density at radius 1 is 1.25 bits per heavy atom. The Morgan fingerprint density at radius 2 is 1.75 bits per heavy atom. The zero-order valence-corrected chi connectivity index (χ0v) is 11.7. The number of nitrogens with two attached hydrogens (primary N) is 2. The highest BCUT2D eigenvalue weighted by Gasteiger charge is 2.03. The van der Waals surface area contributed by atoms with Crippen molar-refractivity contribution in [3.05, 3.63) is 23.8 Å². The molecule has 0 spiro atoms. The molecule has 0 aliphatic carbocycles. The molecule has 2 aromatic rings. The molecule has 0 fully saturated rings. The summed E-state index contributed by atoms with van der Waals surface area (Å²) in [4.78, 5) is 22.3. The lowest BCUT2D eigenvalue weighted by Gasteiger charge is -1.91. The first-order valence-corrected chi connectivity index (χ1v) is 6.96. The van der Waals surface area contributed by atoms with E-state index in [1.165, 1.54) is 0 Å². The molecule has 2 rings (SSSR count). The summed E-state index contributed by atoms with van der Waals surface area (Å²) in [5.41, 5.74) is 12.2. The van der Waals surface area contributed by atoms with Crippen LogP contribution in [0.4, 0.5) is 0 Å². The molecule has 11 heteroatoms. The van der Waals surface area contributed by atoms with E-state index in [4.69, 9.17) is 35.9 Å². The number of hydrogen-bond donors (Lipinski definition) is 6. The van der Waals surface area contributed by atoms with Crippen LogP contribution in [-0.4, -0.2) is 48.1 Å². The second kappa shape index (κ2) is 8.59. The number of hydrogen-bond acceptors (Lipinski definition) is 6. The van der Waals surface area contributed by atoms with Crippen LogP contribution in [0.3, 0.4) is 0 Å². The minimum absolute atomic E-state index is 0.597. The third-order valence-corrected chi connectivity index (χ3v) is 1.83. The van der Waals surface area contributed by atoms with E-state index >= 15 is 0 Å². The molecule has 0 amide bonds. The van der Waals surface area contributed by atoms with Crippen molar-refractivity contribution in [3.8, 4) is 0 Å². The number of phosphoric acid groups is 1. The van der Waals surface area contributed by atoms with Crippen LogP contribution in [0.5, 0.6) is 0 Å². The average Bonchev–Trinajstić information content (AvgIpc) is 2.71. The lowest BCUT2D eigenvalue weighted by atomic mass is 10.2. The standard InChI is InChI=1S/C7H7N3O.C2H8N2.H3O4P/c1-5-3-2-4-6-7(5)8-9-10(6)11;3-1-2-4;1-5(2,3)4/h2-4,11H,1H3;1-4H2;(H3,1,2,3,4). The molecule has 8 N–H and O–H groups in total. The normalized spacial score (nSPS) is 10.3. The van der Waals surface area contributed by atoms with E-state index in [9.17, 15) is 0 Å². The predicted molar refractivity (Wildman–Crippen MR) is 71.8 cm³/mol. The summed E-state index contributed by atoms with van der Waals surface area (Å²) < 4.78 is 8.88. The lowest BCUT2D eigenvalue weighted by Crippen LogP contribution is -2.11. The largest absolute Gasteiger partial charge is 0.466 e. The Balaban J connectivity index is 0.000000340. The predicted octanol–water partition coefficient (Wildman–Crippen LogP) is -1.05. The summed E-state index contributed by atoms with van der Waals surface area (Å²) in [5.74, 6) is 0. The van der Waals surface area contributed by atoms with Crippen molar-refractivity contribution in [2.45, 2.75) is 6.92 Å². The summed E-state index contributed by atoms with van der Waals surface area (Å²) in [6, 6.07) is 5.55. The zero-order valence-electron chi connectivity index (χ0n) is 10.8. The van der Waals surface area contributed by atoms with Crippen LogP contribution in [0, 0.1) is 6.92 Å². The van der Waals surface area contributed by atoms with Gasteiger partial charge >= 0.3 is 7.82 Å². The summed E-state index contributed by atoms with van der Waals surface area (Å²) in [6.07, 6.45) is 0. The van der Waals surface area contributed by atoms with E-state index in [-0.39, 0.29) is 0 Å².